The minimum Gasteiger partial charge on any atom is -0.497 e. The second-order valence-electron chi connectivity index (χ2n) is 5.49. The van der Waals surface area contributed by atoms with Crippen molar-refractivity contribution in [2.24, 2.45) is 0 Å². The van der Waals surface area contributed by atoms with E-state index in [4.69, 9.17) is 16.3 Å². The predicted octanol–water partition coefficient (Wildman–Crippen LogP) is 4.72. The molecule has 1 heterocycles. The van der Waals surface area contributed by atoms with Gasteiger partial charge in [-0.15, -0.1) is 11.8 Å². The van der Waals surface area contributed by atoms with Gasteiger partial charge in [0, 0.05) is 21.7 Å². The number of amides is 1. The summed E-state index contributed by atoms with van der Waals surface area (Å²) in [6, 6.07) is 13.4. The normalized spacial score (nSPS) is 16.7. The molecule has 0 aromatic heterocycles. The molecule has 1 amide bonds. The minimum atomic E-state index is -0.103. The molecule has 1 aliphatic rings. The maximum absolute atomic E-state index is 12.2. The van der Waals surface area contributed by atoms with E-state index in [1.807, 2.05) is 42.5 Å². The number of thioether (sulfide) groups is 1. The second-order valence-corrected chi connectivity index (χ2v) is 7.06. The lowest BCUT2D eigenvalue weighted by atomic mass is 10.0. The van der Waals surface area contributed by atoms with Gasteiger partial charge in [0.15, 0.2) is 0 Å². The molecule has 0 fully saturated rings. The number of carbonyl (C=O) groups excluding carboxylic acids is 1. The Labute approximate surface area is 151 Å². The van der Waals surface area contributed by atoms with Crippen LogP contribution in [0.1, 0.15) is 23.6 Å². The molecule has 1 N–H and O–H groups in total. The van der Waals surface area contributed by atoms with Crippen LogP contribution in [-0.4, -0.2) is 18.8 Å². The molecule has 3 rings (SSSR count). The molecule has 1 unspecified atom stereocenters. The van der Waals surface area contributed by atoms with Crippen LogP contribution in [-0.2, 0) is 4.79 Å². The van der Waals surface area contributed by atoms with Gasteiger partial charge in [-0.1, -0.05) is 23.7 Å². The Morgan fingerprint density at radius 3 is 2.83 bits per heavy atom. The van der Waals surface area contributed by atoms with Crippen molar-refractivity contribution in [3.8, 4) is 5.75 Å². The summed E-state index contributed by atoms with van der Waals surface area (Å²) in [5, 5.41) is 3.77. The number of carbonyl (C=O) groups is 1. The van der Waals surface area contributed by atoms with Crippen molar-refractivity contribution >= 4 is 35.3 Å². The van der Waals surface area contributed by atoms with Crippen LogP contribution in [0.3, 0.4) is 0 Å². The minimum absolute atomic E-state index is 0.00738. The second kappa shape index (κ2) is 7.77. The predicted molar refractivity (Wildman–Crippen MR) is 99.7 cm³/mol. The molecule has 124 valence electrons. The average Bonchev–Trinajstić information content (AvgIpc) is 2.61. The first kappa shape index (κ1) is 16.9. The first-order valence-corrected chi connectivity index (χ1v) is 9.07. The number of ether oxygens (including phenoxy) is 1. The van der Waals surface area contributed by atoms with E-state index in [1.165, 1.54) is 4.90 Å². The quantitative estimate of drug-likeness (QED) is 0.803. The molecule has 3 nitrogen and oxygen atoms in total. The number of fused-ring (bicyclic) bond motifs is 1. The summed E-state index contributed by atoms with van der Waals surface area (Å²) in [6.07, 6.45) is 4.26. The fourth-order valence-electron chi connectivity index (χ4n) is 2.62. The highest BCUT2D eigenvalue weighted by Crippen LogP contribution is 2.37. The van der Waals surface area contributed by atoms with E-state index in [0.717, 1.165) is 29.1 Å². The van der Waals surface area contributed by atoms with Crippen LogP contribution in [0, 0.1) is 0 Å². The van der Waals surface area contributed by atoms with Gasteiger partial charge in [-0.25, -0.2) is 0 Å². The molecule has 5 heteroatoms. The maximum atomic E-state index is 12.2. The highest BCUT2D eigenvalue weighted by molar-refractivity contribution is 7.99. The monoisotopic (exact) mass is 359 g/mol. The van der Waals surface area contributed by atoms with Crippen molar-refractivity contribution in [1.82, 2.24) is 5.32 Å². The summed E-state index contributed by atoms with van der Waals surface area (Å²) in [7, 11) is 1.63. The van der Waals surface area contributed by atoms with E-state index in [1.54, 1.807) is 31.0 Å². The lowest BCUT2D eigenvalue weighted by Crippen LogP contribution is -2.29. The molecular formula is C19H18ClNO2S. The lowest BCUT2D eigenvalue weighted by molar-refractivity contribution is -0.117. The summed E-state index contributed by atoms with van der Waals surface area (Å²) < 4.78 is 5.12. The van der Waals surface area contributed by atoms with Crippen LogP contribution in [0.2, 0.25) is 5.02 Å². The number of methoxy groups -OCH3 is 1. The summed E-state index contributed by atoms with van der Waals surface area (Å²) in [5.74, 6) is 1.68. The summed E-state index contributed by atoms with van der Waals surface area (Å²) in [4.78, 5) is 13.4. The topological polar surface area (TPSA) is 38.3 Å². The van der Waals surface area contributed by atoms with E-state index in [9.17, 15) is 4.79 Å². The zero-order chi connectivity index (χ0) is 16.9. The first-order chi connectivity index (χ1) is 11.7. The number of nitrogens with one attached hydrogen (secondary N) is 1. The SMILES string of the molecule is COc1ccc(/C=C/C(=O)NC2CCSc3ccc(Cl)cc32)cc1. The van der Waals surface area contributed by atoms with Crippen LogP contribution in [0.15, 0.2) is 53.4 Å². The fraction of sp³-hybridized carbons (Fsp3) is 0.211. The Balaban J connectivity index is 1.67. The standard InChI is InChI=1S/C19H18ClNO2S/c1-23-15-6-2-13(3-7-15)4-9-19(22)21-17-10-11-24-18-8-5-14(20)12-16(17)18/h2-9,12,17H,10-11H2,1H3,(H,21,22)/b9-4+. The van der Waals surface area contributed by atoms with Gasteiger partial charge in [-0.05, 0) is 54.0 Å². The molecule has 0 aliphatic carbocycles. The van der Waals surface area contributed by atoms with Gasteiger partial charge < -0.3 is 10.1 Å². The Morgan fingerprint density at radius 2 is 2.08 bits per heavy atom. The zero-order valence-electron chi connectivity index (χ0n) is 13.3. The Kier molecular flexibility index (Phi) is 5.48. The van der Waals surface area contributed by atoms with Gasteiger partial charge in [-0.3, -0.25) is 4.79 Å². The molecule has 0 spiro atoms. The molecule has 24 heavy (non-hydrogen) atoms. The van der Waals surface area contributed by atoms with Crippen molar-refractivity contribution in [3.05, 3.63) is 64.7 Å². The van der Waals surface area contributed by atoms with E-state index in [2.05, 4.69) is 5.32 Å². The van der Waals surface area contributed by atoms with Crippen LogP contribution in [0.4, 0.5) is 0 Å². The third kappa shape index (κ3) is 4.13. The van der Waals surface area contributed by atoms with E-state index >= 15 is 0 Å². The number of hydrogen-bond acceptors (Lipinski definition) is 3. The summed E-state index contributed by atoms with van der Waals surface area (Å²) >= 11 is 7.90. The van der Waals surface area contributed by atoms with Gasteiger partial charge in [0.05, 0.1) is 13.2 Å². The zero-order valence-corrected chi connectivity index (χ0v) is 14.9. The van der Waals surface area contributed by atoms with Crippen LogP contribution >= 0.6 is 23.4 Å². The van der Waals surface area contributed by atoms with Crippen LogP contribution < -0.4 is 10.1 Å². The molecule has 1 aliphatic heterocycles. The van der Waals surface area contributed by atoms with Gasteiger partial charge in [0.2, 0.25) is 5.91 Å². The number of benzene rings is 2. The Bertz CT molecular complexity index is 758. The van der Waals surface area contributed by atoms with Crippen molar-refractivity contribution in [2.45, 2.75) is 17.4 Å². The van der Waals surface area contributed by atoms with Gasteiger partial charge in [-0.2, -0.15) is 0 Å². The molecule has 2 aromatic carbocycles. The number of rotatable bonds is 4. The number of hydrogen-bond donors (Lipinski definition) is 1. The van der Waals surface area contributed by atoms with Crippen molar-refractivity contribution in [2.75, 3.05) is 12.9 Å². The average molecular weight is 360 g/mol. The third-order valence-electron chi connectivity index (χ3n) is 3.87. The molecular weight excluding hydrogens is 342 g/mol. The highest BCUT2D eigenvalue weighted by atomic mass is 35.5. The van der Waals surface area contributed by atoms with Crippen molar-refractivity contribution < 1.29 is 9.53 Å². The molecule has 0 saturated heterocycles. The van der Waals surface area contributed by atoms with Crippen molar-refractivity contribution in [1.29, 1.82) is 0 Å². The van der Waals surface area contributed by atoms with Crippen molar-refractivity contribution in [3.63, 3.8) is 0 Å². The van der Waals surface area contributed by atoms with E-state index in [-0.39, 0.29) is 11.9 Å². The molecule has 0 radical (unpaired) electrons. The molecule has 2 aromatic rings. The largest absolute Gasteiger partial charge is 0.497 e. The van der Waals surface area contributed by atoms with Gasteiger partial charge in [0.1, 0.15) is 5.75 Å². The van der Waals surface area contributed by atoms with Gasteiger partial charge in [0.25, 0.3) is 0 Å². The highest BCUT2D eigenvalue weighted by Gasteiger charge is 2.21. The first-order valence-electron chi connectivity index (χ1n) is 7.70. The number of halogens is 1. The van der Waals surface area contributed by atoms with Gasteiger partial charge >= 0.3 is 0 Å². The summed E-state index contributed by atoms with van der Waals surface area (Å²) in [5.41, 5.74) is 2.05. The smallest absolute Gasteiger partial charge is 0.244 e. The van der Waals surface area contributed by atoms with Crippen LogP contribution in [0.5, 0.6) is 5.75 Å². The Morgan fingerprint density at radius 1 is 1.29 bits per heavy atom. The molecule has 0 bridgehead atoms. The third-order valence-corrected chi connectivity index (χ3v) is 5.23. The lowest BCUT2D eigenvalue weighted by Gasteiger charge is -2.25. The van der Waals surface area contributed by atoms with E-state index < -0.39 is 0 Å². The maximum Gasteiger partial charge on any atom is 0.244 e. The summed E-state index contributed by atoms with van der Waals surface area (Å²) in [6.45, 7) is 0. The van der Waals surface area contributed by atoms with E-state index in [0.29, 0.717) is 5.02 Å². The molecule has 0 saturated carbocycles. The van der Waals surface area contributed by atoms with Crippen LogP contribution in [0.25, 0.3) is 6.08 Å². The fourth-order valence-corrected chi connectivity index (χ4v) is 3.91. The molecule has 1 atom stereocenters. The Hall–Kier alpha value is -1.91.